The topological polar surface area (TPSA) is 130 Å². The number of carbonyl (C=O) groups is 2. The Kier molecular flexibility index (Phi) is 10.4. The number of rotatable bonds is 12. The lowest BCUT2D eigenvalue weighted by Gasteiger charge is -2.45. The molecular weight excluding hydrogens is 512 g/mol. The molecule has 10 nitrogen and oxygen atoms in total. The normalized spacial score (nSPS) is 22.1. The lowest BCUT2D eigenvalue weighted by Crippen LogP contribution is -2.60. The number of benzene rings is 1. The van der Waals surface area contributed by atoms with Gasteiger partial charge in [-0.25, -0.2) is 9.59 Å². The maximum absolute atomic E-state index is 11.9. The fourth-order valence-electron chi connectivity index (χ4n) is 3.69. The number of ether oxygens (including phenoxy) is 5. The van der Waals surface area contributed by atoms with Crippen LogP contribution in [0.3, 0.4) is 0 Å². The first-order valence-corrected chi connectivity index (χ1v) is 15.4. The SMILES string of the molecule is COC(=O)/C=C/[C@@H](Oc1ccc(OC)cc1)[C@H](O)[C@@H](C)[C@@H](O)[C@H](O[Si](C)(C)C(C)(C)C)[C@]1(C)COC(=O)O1. The van der Waals surface area contributed by atoms with Gasteiger partial charge in [-0.15, -0.1) is 0 Å². The minimum absolute atomic E-state index is 0.112. The van der Waals surface area contributed by atoms with Crippen LogP contribution in [-0.4, -0.2) is 81.5 Å². The number of aliphatic hydroxyl groups is 2. The zero-order valence-corrected chi connectivity index (χ0v) is 24.7. The molecule has 0 aliphatic carbocycles. The highest BCUT2D eigenvalue weighted by atomic mass is 28.4. The largest absolute Gasteiger partial charge is 0.509 e. The van der Waals surface area contributed by atoms with Gasteiger partial charge in [-0.2, -0.15) is 0 Å². The third-order valence-electron chi connectivity index (χ3n) is 7.30. The number of carbonyl (C=O) groups excluding carboxylic acids is 2. The quantitative estimate of drug-likeness (QED) is 0.223. The fourth-order valence-corrected chi connectivity index (χ4v) is 5.07. The van der Waals surface area contributed by atoms with E-state index in [0.29, 0.717) is 11.5 Å². The lowest BCUT2D eigenvalue weighted by atomic mass is 9.84. The van der Waals surface area contributed by atoms with Gasteiger partial charge in [-0.05, 0) is 55.4 Å². The van der Waals surface area contributed by atoms with E-state index in [1.165, 1.54) is 13.2 Å². The minimum atomic E-state index is -2.49. The summed E-state index contributed by atoms with van der Waals surface area (Å²) in [7, 11) is 0.294. The maximum Gasteiger partial charge on any atom is 0.509 e. The Hall–Kier alpha value is -2.60. The van der Waals surface area contributed by atoms with Crippen molar-refractivity contribution in [1.82, 2.24) is 0 Å². The molecule has 1 saturated heterocycles. The summed E-state index contributed by atoms with van der Waals surface area (Å²) in [5, 5.41) is 22.8. The summed E-state index contributed by atoms with van der Waals surface area (Å²) in [6.07, 6.45) is -2.99. The second-order valence-corrected chi connectivity index (χ2v) is 16.0. The van der Waals surface area contributed by atoms with E-state index in [-0.39, 0.29) is 11.6 Å². The van der Waals surface area contributed by atoms with Crippen LogP contribution in [0.2, 0.25) is 18.1 Å². The number of esters is 1. The Morgan fingerprint density at radius 2 is 1.68 bits per heavy atom. The highest BCUT2D eigenvalue weighted by Gasteiger charge is 2.54. The van der Waals surface area contributed by atoms with Crippen molar-refractivity contribution >= 4 is 20.4 Å². The summed E-state index contributed by atoms with van der Waals surface area (Å²) in [6, 6.07) is 6.70. The van der Waals surface area contributed by atoms with E-state index < -0.39 is 56.4 Å². The molecule has 0 bridgehead atoms. The number of hydrogen-bond acceptors (Lipinski definition) is 10. The van der Waals surface area contributed by atoms with Crippen molar-refractivity contribution < 1.29 is 47.9 Å². The van der Waals surface area contributed by atoms with E-state index in [4.69, 9.17) is 23.4 Å². The van der Waals surface area contributed by atoms with Gasteiger partial charge in [0.05, 0.1) is 26.4 Å². The first-order valence-electron chi connectivity index (χ1n) is 12.5. The van der Waals surface area contributed by atoms with Gasteiger partial charge in [0.25, 0.3) is 0 Å². The van der Waals surface area contributed by atoms with Gasteiger partial charge < -0.3 is 38.3 Å². The van der Waals surface area contributed by atoms with Crippen LogP contribution in [0.5, 0.6) is 11.5 Å². The average Bonchev–Trinajstić information content (AvgIpc) is 3.22. The Morgan fingerprint density at radius 3 is 2.16 bits per heavy atom. The van der Waals surface area contributed by atoms with Crippen LogP contribution in [0, 0.1) is 5.92 Å². The highest BCUT2D eigenvalue weighted by molar-refractivity contribution is 6.74. The Labute approximate surface area is 225 Å². The van der Waals surface area contributed by atoms with Crippen LogP contribution >= 0.6 is 0 Å². The second kappa shape index (κ2) is 12.5. The zero-order valence-electron chi connectivity index (χ0n) is 23.7. The second-order valence-electron chi connectivity index (χ2n) is 11.2. The van der Waals surface area contributed by atoms with E-state index in [2.05, 4.69) is 25.5 Å². The Morgan fingerprint density at radius 1 is 1.11 bits per heavy atom. The fraction of sp³-hybridized carbons (Fsp3) is 0.630. The highest BCUT2D eigenvalue weighted by Crippen LogP contribution is 2.41. The van der Waals surface area contributed by atoms with Crippen molar-refractivity contribution in [3.05, 3.63) is 36.4 Å². The smallest absolute Gasteiger partial charge is 0.497 e. The molecule has 38 heavy (non-hydrogen) atoms. The van der Waals surface area contributed by atoms with Crippen molar-refractivity contribution in [1.29, 1.82) is 0 Å². The molecule has 214 valence electrons. The summed E-state index contributed by atoms with van der Waals surface area (Å²) < 4.78 is 33.0. The van der Waals surface area contributed by atoms with E-state index >= 15 is 0 Å². The summed E-state index contributed by atoms with van der Waals surface area (Å²) >= 11 is 0. The zero-order chi connectivity index (χ0) is 28.9. The molecule has 0 amide bonds. The van der Waals surface area contributed by atoms with Gasteiger partial charge in [0.15, 0.2) is 13.9 Å². The van der Waals surface area contributed by atoms with Gasteiger partial charge in [0.1, 0.15) is 30.3 Å². The molecule has 0 radical (unpaired) electrons. The number of methoxy groups -OCH3 is 2. The third kappa shape index (κ3) is 7.72. The summed E-state index contributed by atoms with van der Waals surface area (Å²) in [6.45, 7) is 13.4. The molecule has 0 aromatic heterocycles. The van der Waals surface area contributed by atoms with Crippen LogP contribution in [0.4, 0.5) is 4.79 Å². The molecule has 1 aromatic rings. The number of hydrogen-bond donors (Lipinski definition) is 2. The molecule has 0 saturated carbocycles. The first kappa shape index (κ1) is 31.6. The molecular formula is C27H42O10Si. The average molecular weight is 555 g/mol. The molecule has 1 aliphatic heterocycles. The molecule has 0 unspecified atom stereocenters. The van der Waals surface area contributed by atoms with Crippen LogP contribution in [-0.2, 0) is 23.4 Å². The predicted molar refractivity (Wildman–Crippen MR) is 143 cm³/mol. The van der Waals surface area contributed by atoms with Gasteiger partial charge in [-0.1, -0.05) is 27.7 Å². The first-order chi connectivity index (χ1) is 17.5. The number of aliphatic hydroxyl groups excluding tert-OH is 2. The van der Waals surface area contributed by atoms with Crippen molar-refractivity contribution in [3.8, 4) is 11.5 Å². The van der Waals surface area contributed by atoms with Gasteiger partial charge in [0, 0.05) is 12.0 Å². The summed E-state index contributed by atoms with van der Waals surface area (Å²) in [5.74, 6) is -0.456. The molecule has 1 fully saturated rings. The van der Waals surface area contributed by atoms with Gasteiger partial charge >= 0.3 is 12.1 Å². The standard InChI is InChI=1S/C27H42O10Si/c1-17(22(29)20(14-15-21(28)33-7)35-19-12-10-18(32-6)11-13-19)23(30)24(27(5)16-34-25(31)36-27)37-38(8,9)26(2,3)4/h10-15,17,20,22-24,29-30H,16H2,1-9H3/b15-14+/t17-,20-,22-,23-,24+,27+/m1/s1. The molecule has 6 atom stereocenters. The maximum atomic E-state index is 11.9. The van der Waals surface area contributed by atoms with E-state index in [1.807, 2.05) is 13.1 Å². The van der Waals surface area contributed by atoms with Crippen molar-refractivity contribution in [2.75, 3.05) is 20.8 Å². The van der Waals surface area contributed by atoms with Crippen molar-refractivity contribution in [3.63, 3.8) is 0 Å². The van der Waals surface area contributed by atoms with E-state index in [0.717, 1.165) is 6.08 Å². The predicted octanol–water partition coefficient (Wildman–Crippen LogP) is 3.85. The summed E-state index contributed by atoms with van der Waals surface area (Å²) in [4.78, 5) is 23.7. The van der Waals surface area contributed by atoms with Crippen LogP contribution < -0.4 is 9.47 Å². The molecule has 1 aromatic carbocycles. The number of cyclic esters (lactones) is 2. The molecule has 0 spiro atoms. The van der Waals surface area contributed by atoms with E-state index in [9.17, 15) is 19.8 Å². The molecule has 2 N–H and O–H groups in total. The monoisotopic (exact) mass is 554 g/mol. The van der Waals surface area contributed by atoms with Gasteiger partial charge in [0.2, 0.25) is 0 Å². The summed E-state index contributed by atoms with van der Waals surface area (Å²) in [5.41, 5.74) is -1.28. The Balaban J connectivity index is 2.39. The lowest BCUT2D eigenvalue weighted by molar-refractivity contribution is -0.135. The van der Waals surface area contributed by atoms with Crippen LogP contribution in [0.1, 0.15) is 34.6 Å². The van der Waals surface area contributed by atoms with Crippen LogP contribution in [0.25, 0.3) is 0 Å². The third-order valence-corrected chi connectivity index (χ3v) is 11.8. The van der Waals surface area contributed by atoms with Gasteiger partial charge in [-0.3, -0.25) is 0 Å². The van der Waals surface area contributed by atoms with E-state index in [1.54, 1.807) is 45.2 Å². The van der Waals surface area contributed by atoms with Crippen molar-refractivity contribution in [2.24, 2.45) is 5.92 Å². The molecule has 1 heterocycles. The Bertz CT molecular complexity index is 971. The molecule has 2 rings (SSSR count). The minimum Gasteiger partial charge on any atom is -0.497 e. The molecule has 11 heteroatoms. The van der Waals surface area contributed by atoms with Crippen LogP contribution in [0.15, 0.2) is 36.4 Å². The molecule has 1 aliphatic rings. The van der Waals surface area contributed by atoms with Crippen molar-refractivity contribution in [2.45, 2.75) is 82.8 Å².